The first-order valence-corrected chi connectivity index (χ1v) is 5.78. The molecule has 2 aromatic heterocycles. The summed E-state index contributed by atoms with van der Waals surface area (Å²) in [6, 6.07) is 5.63. The van der Waals surface area contributed by atoms with Crippen molar-refractivity contribution in [3.8, 4) is 0 Å². The molecule has 0 amide bonds. The highest BCUT2D eigenvalue weighted by atomic mass is 79.9. The Balaban J connectivity index is 2.23. The number of esters is 1. The summed E-state index contributed by atoms with van der Waals surface area (Å²) in [4.78, 5) is 18.7. The largest absolute Gasteiger partial charge is 0.466 e. The number of halogens is 1. The molecule has 0 bridgehead atoms. The van der Waals surface area contributed by atoms with E-state index in [0.29, 0.717) is 6.61 Å². The van der Waals surface area contributed by atoms with Gasteiger partial charge in [-0.2, -0.15) is 0 Å². The number of fused-ring (bicyclic) bond motifs is 1. The van der Waals surface area contributed by atoms with Crippen molar-refractivity contribution in [3.63, 3.8) is 0 Å². The highest BCUT2D eigenvalue weighted by molar-refractivity contribution is 9.10. The second-order valence-corrected chi connectivity index (χ2v) is 4.16. The summed E-state index contributed by atoms with van der Waals surface area (Å²) >= 11 is 3.30. The fourth-order valence-electron chi connectivity index (χ4n) is 1.50. The van der Waals surface area contributed by atoms with Crippen LogP contribution in [0.1, 0.15) is 12.6 Å². The maximum absolute atomic E-state index is 11.3. The molecule has 0 aliphatic rings. The van der Waals surface area contributed by atoms with E-state index < -0.39 is 0 Å². The van der Waals surface area contributed by atoms with E-state index in [9.17, 15) is 4.79 Å². The molecule has 2 rings (SSSR count). The van der Waals surface area contributed by atoms with Crippen LogP contribution in [-0.4, -0.2) is 22.5 Å². The summed E-state index contributed by atoms with van der Waals surface area (Å²) in [5.74, 6) is -0.229. The average molecular weight is 283 g/mol. The Labute approximate surface area is 101 Å². The number of carbonyl (C=O) groups excluding carboxylic acids is 1. The second kappa shape index (κ2) is 4.65. The summed E-state index contributed by atoms with van der Waals surface area (Å²) in [5.41, 5.74) is 2.58. The number of hydrogen-bond donors (Lipinski definition) is 1. The van der Waals surface area contributed by atoms with E-state index in [4.69, 9.17) is 4.74 Å². The van der Waals surface area contributed by atoms with Gasteiger partial charge in [-0.25, -0.2) is 4.98 Å². The fraction of sp³-hybridized carbons (Fsp3) is 0.273. The van der Waals surface area contributed by atoms with Crippen LogP contribution in [0.5, 0.6) is 0 Å². The van der Waals surface area contributed by atoms with Gasteiger partial charge in [-0.05, 0) is 41.1 Å². The van der Waals surface area contributed by atoms with Crippen LogP contribution in [0.4, 0.5) is 0 Å². The lowest BCUT2D eigenvalue weighted by Crippen LogP contribution is -2.07. The minimum atomic E-state index is -0.229. The van der Waals surface area contributed by atoms with Crippen molar-refractivity contribution in [3.05, 3.63) is 28.5 Å². The molecule has 5 heteroatoms. The molecule has 0 aliphatic carbocycles. The summed E-state index contributed by atoms with van der Waals surface area (Å²) < 4.78 is 5.66. The Morgan fingerprint density at radius 2 is 2.38 bits per heavy atom. The van der Waals surface area contributed by atoms with Gasteiger partial charge in [-0.15, -0.1) is 0 Å². The van der Waals surface area contributed by atoms with Crippen LogP contribution < -0.4 is 0 Å². The number of nitrogens with one attached hydrogen (secondary N) is 1. The first-order valence-electron chi connectivity index (χ1n) is 4.99. The van der Waals surface area contributed by atoms with E-state index in [-0.39, 0.29) is 12.4 Å². The molecule has 84 valence electrons. The van der Waals surface area contributed by atoms with Gasteiger partial charge in [0, 0.05) is 5.69 Å². The molecule has 1 N–H and O–H groups in total. The van der Waals surface area contributed by atoms with Crippen molar-refractivity contribution in [2.45, 2.75) is 13.3 Å². The van der Waals surface area contributed by atoms with Gasteiger partial charge in [0.1, 0.15) is 4.60 Å². The normalized spacial score (nSPS) is 10.6. The molecule has 2 heterocycles. The van der Waals surface area contributed by atoms with Crippen LogP contribution in [-0.2, 0) is 16.0 Å². The lowest BCUT2D eigenvalue weighted by molar-refractivity contribution is -0.142. The number of ether oxygens (including phenoxy) is 1. The van der Waals surface area contributed by atoms with Crippen molar-refractivity contribution in [1.29, 1.82) is 0 Å². The third kappa shape index (κ3) is 2.41. The molecule has 0 saturated heterocycles. The van der Waals surface area contributed by atoms with Crippen LogP contribution in [0.15, 0.2) is 22.8 Å². The van der Waals surface area contributed by atoms with Crippen LogP contribution in [0.2, 0.25) is 0 Å². The quantitative estimate of drug-likeness (QED) is 0.695. The second-order valence-electron chi connectivity index (χ2n) is 3.34. The van der Waals surface area contributed by atoms with E-state index in [1.807, 2.05) is 18.2 Å². The molecule has 0 atom stereocenters. The summed E-state index contributed by atoms with van der Waals surface area (Å²) in [5, 5.41) is 0. The van der Waals surface area contributed by atoms with Crippen molar-refractivity contribution in [2.75, 3.05) is 6.61 Å². The van der Waals surface area contributed by atoms with Gasteiger partial charge < -0.3 is 9.72 Å². The molecule has 0 radical (unpaired) electrons. The first kappa shape index (κ1) is 11.1. The van der Waals surface area contributed by atoms with Gasteiger partial charge in [-0.3, -0.25) is 4.79 Å². The van der Waals surface area contributed by atoms with E-state index in [0.717, 1.165) is 21.3 Å². The monoisotopic (exact) mass is 282 g/mol. The smallest absolute Gasteiger partial charge is 0.311 e. The van der Waals surface area contributed by atoms with Gasteiger partial charge in [0.15, 0.2) is 0 Å². The zero-order valence-electron chi connectivity index (χ0n) is 8.79. The van der Waals surface area contributed by atoms with Crippen LogP contribution in [0.3, 0.4) is 0 Å². The third-order valence-corrected chi connectivity index (χ3v) is 2.58. The average Bonchev–Trinajstić information content (AvgIpc) is 2.59. The van der Waals surface area contributed by atoms with Crippen molar-refractivity contribution in [1.82, 2.24) is 9.97 Å². The molecule has 4 nitrogen and oxygen atoms in total. The molecule has 0 spiro atoms. The number of pyridine rings is 1. The third-order valence-electron chi connectivity index (χ3n) is 2.14. The molecule has 2 aromatic rings. The van der Waals surface area contributed by atoms with Crippen molar-refractivity contribution < 1.29 is 9.53 Å². The zero-order valence-corrected chi connectivity index (χ0v) is 10.4. The van der Waals surface area contributed by atoms with Crippen molar-refractivity contribution in [2.24, 2.45) is 0 Å². The molecule has 0 aromatic carbocycles. The van der Waals surface area contributed by atoms with E-state index >= 15 is 0 Å². The number of nitrogens with zero attached hydrogens (tertiary/aromatic N) is 1. The molecular formula is C11H11BrN2O2. The molecule has 0 unspecified atom stereocenters. The first-order chi connectivity index (χ1) is 7.69. The minimum Gasteiger partial charge on any atom is -0.466 e. The Morgan fingerprint density at radius 1 is 1.56 bits per heavy atom. The number of hydrogen-bond acceptors (Lipinski definition) is 3. The van der Waals surface area contributed by atoms with Crippen LogP contribution >= 0.6 is 15.9 Å². The van der Waals surface area contributed by atoms with E-state index in [2.05, 4.69) is 25.9 Å². The van der Waals surface area contributed by atoms with E-state index in [1.165, 1.54) is 0 Å². The highest BCUT2D eigenvalue weighted by Crippen LogP contribution is 2.17. The fourth-order valence-corrected chi connectivity index (χ4v) is 1.83. The number of H-pyrrole nitrogens is 1. The molecular weight excluding hydrogens is 272 g/mol. The highest BCUT2D eigenvalue weighted by Gasteiger charge is 2.07. The van der Waals surface area contributed by atoms with Crippen LogP contribution in [0, 0.1) is 0 Å². The Hall–Kier alpha value is -1.36. The lowest BCUT2D eigenvalue weighted by Gasteiger charge is -1.98. The topological polar surface area (TPSA) is 55.0 Å². The van der Waals surface area contributed by atoms with Gasteiger partial charge in [-0.1, -0.05) is 0 Å². The molecule has 16 heavy (non-hydrogen) atoms. The number of rotatable bonds is 3. The Bertz CT molecular complexity index is 522. The molecule has 0 aliphatic heterocycles. The maximum atomic E-state index is 11.3. The number of aromatic nitrogens is 2. The van der Waals surface area contributed by atoms with Gasteiger partial charge in [0.05, 0.1) is 24.1 Å². The number of carbonyl (C=O) groups is 1. The SMILES string of the molecule is CCOC(=O)Cc1cc2nc(Br)ccc2[nH]1. The summed E-state index contributed by atoms with van der Waals surface area (Å²) in [6.07, 6.45) is 0.252. The lowest BCUT2D eigenvalue weighted by atomic mass is 10.3. The summed E-state index contributed by atoms with van der Waals surface area (Å²) in [6.45, 7) is 2.20. The zero-order chi connectivity index (χ0) is 11.5. The number of aromatic amines is 1. The maximum Gasteiger partial charge on any atom is 0.311 e. The summed E-state index contributed by atoms with van der Waals surface area (Å²) in [7, 11) is 0. The van der Waals surface area contributed by atoms with Gasteiger partial charge in [0.2, 0.25) is 0 Å². The van der Waals surface area contributed by atoms with E-state index in [1.54, 1.807) is 6.92 Å². The van der Waals surface area contributed by atoms with Gasteiger partial charge >= 0.3 is 5.97 Å². The standard InChI is InChI=1S/C11H11BrN2O2/c1-2-16-11(15)6-7-5-9-8(13-7)3-4-10(12)14-9/h3-5,13H,2,6H2,1H3. The molecule has 0 saturated carbocycles. The van der Waals surface area contributed by atoms with Crippen molar-refractivity contribution >= 4 is 32.9 Å². The predicted molar refractivity (Wildman–Crippen MR) is 64.1 cm³/mol. The Kier molecular flexibility index (Phi) is 3.24. The minimum absolute atomic E-state index is 0.229. The van der Waals surface area contributed by atoms with Crippen LogP contribution in [0.25, 0.3) is 11.0 Å². The van der Waals surface area contributed by atoms with Gasteiger partial charge in [0.25, 0.3) is 0 Å². The molecule has 0 fully saturated rings. The Morgan fingerprint density at radius 3 is 3.12 bits per heavy atom. The predicted octanol–water partition coefficient (Wildman–Crippen LogP) is 2.43.